The van der Waals surface area contributed by atoms with Crippen LogP contribution in [0.15, 0.2) is 25.3 Å². The Morgan fingerprint density at radius 1 is 1.25 bits per heavy atom. The highest BCUT2D eigenvalue weighted by Gasteiger charge is 2.27. The van der Waals surface area contributed by atoms with Crippen LogP contribution in [0.1, 0.15) is 20.8 Å². The molecule has 0 aromatic carbocycles. The molecule has 1 aliphatic heterocycles. The third kappa shape index (κ3) is 2.49. The molecule has 12 heavy (non-hydrogen) atoms. The molecule has 0 saturated carbocycles. The second-order valence-electron chi connectivity index (χ2n) is 2.91. The van der Waals surface area contributed by atoms with Crippen molar-refractivity contribution in [2.45, 2.75) is 26.8 Å². The van der Waals surface area contributed by atoms with Gasteiger partial charge in [-0.15, -0.1) is 13.2 Å². The molecule has 70 valence electrons. The molecule has 1 heterocycles. The van der Waals surface area contributed by atoms with E-state index in [-0.39, 0.29) is 0 Å². The molecule has 1 aliphatic rings. The summed E-state index contributed by atoms with van der Waals surface area (Å²) in [5.74, 6) is 1.17. The molecule has 3 atom stereocenters. The van der Waals surface area contributed by atoms with Gasteiger partial charge in [-0.25, -0.2) is 0 Å². The summed E-state index contributed by atoms with van der Waals surface area (Å²) in [5.41, 5.74) is 0. The second kappa shape index (κ2) is 6.01. The first-order chi connectivity index (χ1) is 5.79. The molecule has 0 spiro atoms. The molecular formula is C11H21N. The van der Waals surface area contributed by atoms with E-state index in [2.05, 4.69) is 25.4 Å². The normalized spacial score (nSPS) is 33.4. The fourth-order valence-electron chi connectivity index (χ4n) is 1.58. The van der Waals surface area contributed by atoms with E-state index in [9.17, 15) is 0 Å². The maximum absolute atomic E-state index is 3.80. The summed E-state index contributed by atoms with van der Waals surface area (Å²) < 4.78 is 0. The Labute approximate surface area is 76.6 Å². The zero-order valence-corrected chi connectivity index (χ0v) is 8.51. The van der Waals surface area contributed by atoms with Crippen LogP contribution in [0.2, 0.25) is 0 Å². The van der Waals surface area contributed by atoms with Crippen molar-refractivity contribution in [3.8, 4) is 0 Å². The summed E-state index contributed by atoms with van der Waals surface area (Å²) in [6.45, 7) is 14.8. The van der Waals surface area contributed by atoms with E-state index in [1.165, 1.54) is 0 Å². The van der Waals surface area contributed by atoms with Crippen LogP contribution >= 0.6 is 0 Å². The summed E-state index contributed by atoms with van der Waals surface area (Å²) in [7, 11) is 0. The van der Waals surface area contributed by atoms with Gasteiger partial charge in [-0.05, 0) is 18.8 Å². The summed E-state index contributed by atoms with van der Waals surface area (Å²) in [6.07, 6.45) is 4.04. The van der Waals surface area contributed by atoms with Gasteiger partial charge < -0.3 is 5.32 Å². The van der Waals surface area contributed by atoms with Crippen molar-refractivity contribution < 1.29 is 0 Å². The monoisotopic (exact) mass is 167 g/mol. The van der Waals surface area contributed by atoms with Crippen molar-refractivity contribution in [3.05, 3.63) is 25.3 Å². The lowest BCUT2D eigenvalue weighted by Crippen LogP contribution is -2.21. The molecule has 1 nitrogen and oxygen atoms in total. The Balaban J connectivity index is 0.000000561. The minimum atomic E-state index is 0.570. The van der Waals surface area contributed by atoms with Crippen molar-refractivity contribution in [1.82, 2.24) is 5.32 Å². The standard InChI is InChI=1S/C9H15N.C2H6/c1-4-8-6-10-7(3)9(8)5-2;1-2/h4-5,7-10H,1-2,6H2,3H3;1-2H3. The highest BCUT2D eigenvalue weighted by Crippen LogP contribution is 2.23. The van der Waals surface area contributed by atoms with Gasteiger partial charge in [0, 0.05) is 12.6 Å². The van der Waals surface area contributed by atoms with E-state index >= 15 is 0 Å². The average molecular weight is 167 g/mol. The van der Waals surface area contributed by atoms with E-state index in [0.717, 1.165) is 6.54 Å². The maximum Gasteiger partial charge on any atom is 0.0108 e. The van der Waals surface area contributed by atoms with Gasteiger partial charge in [-0.1, -0.05) is 26.0 Å². The Morgan fingerprint density at radius 3 is 2.17 bits per heavy atom. The average Bonchev–Trinajstić information content (AvgIpc) is 2.49. The molecule has 3 unspecified atom stereocenters. The van der Waals surface area contributed by atoms with Gasteiger partial charge in [0.2, 0.25) is 0 Å². The molecule has 1 N–H and O–H groups in total. The summed E-state index contributed by atoms with van der Waals surface area (Å²) in [4.78, 5) is 0. The fraction of sp³-hybridized carbons (Fsp3) is 0.636. The Hall–Kier alpha value is -0.560. The molecule has 1 fully saturated rings. The molecule has 1 saturated heterocycles. The van der Waals surface area contributed by atoms with Crippen LogP contribution in [-0.4, -0.2) is 12.6 Å². The van der Waals surface area contributed by atoms with Crippen LogP contribution in [-0.2, 0) is 0 Å². The van der Waals surface area contributed by atoms with E-state index in [4.69, 9.17) is 0 Å². The number of hydrogen-bond acceptors (Lipinski definition) is 1. The zero-order chi connectivity index (χ0) is 9.56. The van der Waals surface area contributed by atoms with E-state index in [0.29, 0.717) is 17.9 Å². The van der Waals surface area contributed by atoms with Gasteiger partial charge in [-0.3, -0.25) is 0 Å². The summed E-state index contributed by atoms with van der Waals surface area (Å²) in [5, 5.41) is 3.38. The molecule has 0 aromatic rings. The second-order valence-corrected chi connectivity index (χ2v) is 2.91. The highest BCUT2D eigenvalue weighted by molar-refractivity contribution is 5.03. The van der Waals surface area contributed by atoms with Gasteiger partial charge in [0.05, 0.1) is 0 Å². The highest BCUT2D eigenvalue weighted by atomic mass is 15.0. The summed E-state index contributed by atoms with van der Waals surface area (Å²) in [6, 6.07) is 0.570. The van der Waals surface area contributed by atoms with E-state index in [1.807, 2.05) is 26.0 Å². The van der Waals surface area contributed by atoms with Gasteiger partial charge in [0.25, 0.3) is 0 Å². The molecule has 1 heteroatoms. The smallest absolute Gasteiger partial charge is 0.0108 e. The Morgan fingerprint density at radius 2 is 1.83 bits per heavy atom. The number of rotatable bonds is 2. The quantitative estimate of drug-likeness (QED) is 0.623. The van der Waals surface area contributed by atoms with Crippen molar-refractivity contribution in [3.63, 3.8) is 0 Å². The first kappa shape index (κ1) is 11.4. The Bertz CT molecular complexity index is 140. The van der Waals surface area contributed by atoms with Crippen molar-refractivity contribution >= 4 is 0 Å². The Kier molecular flexibility index (Phi) is 5.73. The first-order valence-electron chi connectivity index (χ1n) is 4.78. The summed E-state index contributed by atoms with van der Waals surface area (Å²) >= 11 is 0. The van der Waals surface area contributed by atoms with Crippen molar-refractivity contribution in [2.24, 2.45) is 11.8 Å². The molecule has 0 bridgehead atoms. The molecule has 0 aliphatic carbocycles. The van der Waals surface area contributed by atoms with Crippen LogP contribution in [0.25, 0.3) is 0 Å². The minimum absolute atomic E-state index is 0.570. The largest absolute Gasteiger partial charge is 0.313 e. The first-order valence-corrected chi connectivity index (χ1v) is 4.78. The minimum Gasteiger partial charge on any atom is -0.313 e. The number of nitrogens with one attached hydrogen (secondary N) is 1. The molecule has 0 radical (unpaired) electrons. The molecule has 0 amide bonds. The predicted molar refractivity (Wildman–Crippen MR) is 56.2 cm³/mol. The van der Waals surface area contributed by atoms with Gasteiger partial charge >= 0.3 is 0 Å². The van der Waals surface area contributed by atoms with E-state index < -0.39 is 0 Å². The van der Waals surface area contributed by atoms with Crippen LogP contribution in [0, 0.1) is 11.8 Å². The number of hydrogen-bond donors (Lipinski definition) is 1. The van der Waals surface area contributed by atoms with Gasteiger partial charge in [0.1, 0.15) is 0 Å². The molecule has 1 rings (SSSR count). The zero-order valence-electron chi connectivity index (χ0n) is 8.51. The molecule has 0 aromatic heterocycles. The van der Waals surface area contributed by atoms with Crippen molar-refractivity contribution in [1.29, 1.82) is 0 Å². The van der Waals surface area contributed by atoms with Gasteiger partial charge in [0.15, 0.2) is 0 Å². The van der Waals surface area contributed by atoms with Crippen LogP contribution in [0.5, 0.6) is 0 Å². The predicted octanol–water partition coefficient (Wildman–Crippen LogP) is 2.61. The lowest BCUT2D eigenvalue weighted by atomic mass is 9.92. The lowest BCUT2D eigenvalue weighted by molar-refractivity contribution is 0.520. The van der Waals surface area contributed by atoms with E-state index in [1.54, 1.807) is 0 Å². The third-order valence-electron chi connectivity index (χ3n) is 2.32. The SMILES string of the molecule is C=CC1CNC(C)C1C=C.CC. The maximum atomic E-state index is 3.80. The fourth-order valence-corrected chi connectivity index (χ4v) is 1.58. The van der Waals surface area contributed by atoms with Gasteiger partial charge in [-0.2, -0.15) is 0 Å². The van der Waals surface area contributed by atoms with Crippen molar-refractivity contribution in [2.75, 3.05) is 6.54 Å². The lowest BCUT2D eigenvalue weighted by Gasteiger charge is -2.13. The third-order valence-corrected chi connectivity index (χ3v) is 2.32. The van der Waals surface area contributed by atoms with Crippen LogP contribution < -0.4 is 5.32 Å². The topological polar surface area (TPSA) is 12.0 Å². The molecular weight excluding hydrogens is 146 g/mol. The van der Waals surface area contributed by atoms with Crippen LogP contribution in [0.4, 0.5) is 0 Å². The van der Waals surface area contributed by atoms with Crippen LogP contribution in [0.3, 0.4) is 0 Å².